The van der Waals surface area contributed by atoms with Crippen molar-refractivity contribution in [3.05, 3.63) is 39.9 Å². The van der Waals surface area contributed by atoms with Gasteiger partial charge in [-0.1, -0.05) is 22.5 Å². The van der Waals surface area contributed by atoms with Gasteiger partial charge in [-0.3, -0.25) is 0 Å². The zero-order valence-corrected chi connectivity index (χ0v) is 12.6. The van der Waals surface area contributed by atoms with Crippen molar-refractivity contribution in [2.45, 2.75) is 39.3 Å². The van der Waals surface area contributed by atoms with E-state index in [0.29, 0.717) is 12.6 Å². The van der Waals surface area contributed by atoms with Gasteiger partial charge in [0, 0.05) is 22.6 Å². The zero-order valence-electron chi connectivity index (χ0n) is 11.1. The number of halogens is 1. The molecule has 0 radical (unpaired) electrons. The van der Waals surface area contributed by atoms with Crippen LogP contribution in [-0.2, 0) is 6.54 Å². The van der Waals surface area contributed by atoms with Crippen molar-refractivity contribution in [3.63, 3.8) is 0 Å². The van der Waals surface area contributed by atoms with Gasteiger partial charge in [-0.15, -0.1) is 0 Å². The Kier molecular flexibility index (Phi) is 4.46. The Bertz CT molecular complexity index is 452. The van der Waals surface area contributed by atoms with Crippen molar-refractivity contribution >= 4 is 15.9 Å². The molecule has 0 aliphatic heterocycles. The van der Waals surface area contributed by atoms with Crippen molar-refractivity contribution in [1.29, 1.82) is 0 Å². The molecule has 2 rings (SSSR count). The van der Waals surface area contributed by atoms with E-state index in [2.05, 4.69) is 46.9 Å². The topological polar surface area (TPSA) is 21.3 Å². The predicted molar refractivity (Wildman–Crippen MR) is 79.0 cm³/mol. The Morgan fingerprint density at radius 1 is 1.50 bits per heavy atom. The summed E-state index contributed by atoms with van der Waals surface area (Å²) in [5.41, 5.74) is 3.42. The molecule has 3 heteroatoms. The van der Waals surface area contributed by atoms with Gasteiger partial charge in [-0.05, 0) is 50.0 Å². The molecular formula is C15H20BrNO. The average molecular weight is 310 g/mol. The van der Waals surface area contributed by atoms with Gasteiger partial charge in [0.1, 0.15) is 12.4 Å². The van der Waals surface area contributed by atoms with Crippen LogP contribution in [0.2, 0.25) is 0 Å². The van der Waals surface area contributed by atoms with Crippen LogP contribution in [0.3, 0.4) is 0 Å². The number of hydrogen-bond donors (Lipinski definition) is 1. The third-order valence-electron chi connectivity index (χ3n) is 2.94. The van der Waals surface area contributed by atoms with Gasteiger partial charge in [0.15, 0.2) is 0 Å². The maximum Gasteiger partial charge on any atom is 0.127 e. The first-order chi connectivity index (χ1) is 8.56. The maximum atomic E-state index is 5.88. The van der Waals surface area contributed by atoms with Crippen LogP contribution in [-0.4, -0.2) is 12.6 Å². The molecule has 1 aromatic carbocycles. The Morgan fingerprint density at radius 3 is 2.83 bits per heavy atom. The molecule has 0 spiro atoms. The fraction of sp³-hybridized carbons (Fsp3) is 0.467. The van der Waals surface area contributed by atoms with Gasteiger partial charge in [0.25, 0.3) is 0 Å². The lowest BCUT2D eigenvalue weighted by atomic mass is 10.1. The minimum Gasteiger partial charge on any atom is -0.489 e. The summed E-state index contributed by atoms with van der Waals surface area (Å²) in [7, 11) is 0. The molecule has 1 aliphatic rings. The SMILES string of the molecule is C=C(C)COc1c(C)cc(Br)cc1CNC1CC1. The highest BCUT2D eigenvalue weighted by Gasteiger charge is 2.21. The molecule has 0 atom stereocenters. The van der Waals surface area contributed by atoms with Crippen molar-refractivity contribution in [3.8, 4) is 5.75 Å². The summed E-state index contributed by atoms with van der Waals surface area (Å²) < 4.78 is 6.98. The minimum atomic E-state index is 0.582. The summed E-state index contributed by atoms with van der Waals surface area (Å²) >= 11 is 3.55. The lowest BCUT2D eigenvalue weighted by Crippen LogP contribution is -2.16. The molecule has 0 unspecified atom stereocenters. The number of benzene rings is 1. The van der Waals surface area contributed by atoms with Gasteiger partial charge < -0.3 is 10.1 Å². The summed E-state index contributed by atoms with van der Waals surface area (Å²) in [5, 5.41) is 3.53. The molecule has 1 saturated carbocycles. The van der Waals surface area contributed by atoms with Crippen LogP contribution in [0.5, 0.6) is 5.75 Å². The van der Waals surface area contributed by atoms with E-state index in [4.69, 9.17) is 4.74 Å². The lowest BCUT2D eigenvalue weighted by Gasteiger charge is -2.15. The molecule has 1 fully saturated rings. The van der Waals surface area contributed by atoms with Crippen molar-refractivity contribution in [1.82, 2.24) is 5.32 Å². The third kappa shape index (κ3) is 3.85. The molecular weight excluding hydrogens is 290 g/mol. The third-order valence-corrected chi connectivity index (χ3v) is 3.40. The van der Waals surface area contributed by atoms with Crippen molar-refractivity contribution in [2.75, 3.05) is 6.61 Å². The first kappa shape index (κ1) is 13.6. The number of hydrogen-bond acceptors (Lipinski definition) is 2. The summed E-state index contributed by atoms with van der Waals surface area (Å²) in [6, 6.07) is 4.93. The summed E-state index contributed by atoms with van der Waals surface area (Å²) in [4.78, 5) is 0. The Hall–Kier alpha value is -0.800. The van der Waals surface area contributed by atoms with Crippen LogP contribution in [0, 0.1) is 6.92 Å². The van der Waals surface area contributed by atoms with E-state index in [1.807, 2.05) is 6.92 Å². The normalized spacial score (nSPS) is 14.6. The standard InChI is InChI=1S/C15H20BrNO/c1-10(2)9-18-15-11(3)6-13(16)7-12(15)8-17-14-4-5-14/h6-7,14,17H,1,4-5,8-9H2,2-3H3. The van der Waals surface area contributed by atoms with Crippen LogP contribution < -0.4 is 10.1 Å². The number of ether oxygens (including phenoxy) is 1. The molecule has 0 bridgehead atoms. The second-order valence-corrected chi connectivity index (χ2v) is 6.03. The molecule has 1 aromatic rings. The Morgan fingerprint density at radius 2 is 2.22 bits per heavy atom. The van der Waals surface area contributed by atoms with E-state index >= 15 is 0 Å². The first-order valence-electron chi connectivity index (χ1n) is 6.36. The summed E-state index contributed by atoms with van der Waals surface area (Å²) in [6.07, 6.45) is 2.60. The second kappa shape index (κ2) is 5.89. The quantitative estimate of drug-likeness (QED) is 0.803. The lowest BCUT2D eigenvalue weighted by molar-refractivity contribution is 0.345. The van der Waals surface area contributed by atoms with E-state index in [-0.39, 0.29) is 0 Å². The van der Waals surface area contributed by atoms with E-state index in [1.54, 1.807) is 0 Å². The largest absolute Gasteiger partial charge is 0.489 e. The van der Waals surface area contributed by atoms with Crippen LogP contribution in [0.15, 0.2) is 28.8 Å². The maximum absolute atomic E-state index is 5.88. The fourth-order valence-electron chi connectivity index (χ4n) is 1.87. The molecule has 0 amide bonds. The van der Waals surface area contributed by atoms with Gasteiger partial charge in [0.05, 0.1) is 0 Å². The van der Waals surface area contributed by atoms with Crippen LogP contribution in [0.4, 0.5) is 0 Å². The highest BCUT2D eigenvalue weighted by atomic mass is 79.9. The molecule has 0 saturated heterocycles. The van der Waals surface area contributed by atoms with Crippen molar-refractivity contribution in [2.24, 2.45) is 0 Å². The van der Waals surface area contributed by atoms with E-state index in [1.165, 1.54) is 24.0 Å². The molecule has 2 nitrogen and oxygen atoms in total. The summed E-state index contributed by atoms with van der Waals surface area (Å²) in [6.45, 7) is 9.40. The molecule has 18 heavy (non-hydrogen) atoms. The highest BCUT2D eigenvalue weighted by Crippen LogP contribution is 2.29. The number of nitrogens with one attached hydrogen (secondary N) is 1. The van der Waals surface area contributed by atoms with Gasteiger partial charge in [-0.2, -0.15) is 0 Å². The summed E-state index contributed by atoms with van der Waals surface area (Å²) in [5.74, 6) is 0.995. The predicted octanol–water partition coefficient (Wildman–Crippen LogP) is 3.96. The van der Waals surface area contributed by atoms with Gasteiger partial charge in [0.2, 0.25) is 0 Å². The molecule has 1 N–H and O–H groups in total. The van der Waals surface area contributed by atoms with Crippen LogP contribution in [0.25, 0.3) is 0 Å². The zero-order chi connectivity index (χ0) is 13.1. The van der Waals surface area contributed by atoms with Crippen LogP contribution >= 0.6 is 15.9 Å². The average Bonchev–Trinajstić information content (AvgIpc) is 3.08. The Balaban J connectivity index is 2.13. The monoisotopic (exact) mass is 309 g/mol. The fourth-order valence-corrected chi connectivity index (χ4v) is 2.49. The minimum absolute atomic E-state index is 0.582. The Labute approximate surface area is 118 Å². The van der Waals surface area contributed by atoms with E-state index < -0.39 is 0 Å². The molecule has 1 aliphatic carbocycles. The van der Waals surface area contributed by atoms with E-state index in [0.717, 1.165) is 22.3 Å². The van der Waals surface area contributed by atoms with Crippen LogP contribution in [0.1, 0.15) is 30.9 Å². The molecule has 0 aromatic heterocycles. The van der Waals surface area contributed by atoms with Crippen molar-refractivity contribution < 1.29 is 4.74 Å². The smallest absolute Gasteiger partial charge is 0.127 e. The van der Waals surface area contributed by atoms with Gasteiger partial charge in [-0.25, -0.2) is 0 Å². The number of rotatable bonds is 6. The highest BCUT2D eigenvalue weighted by molar-refractivity contribution is 9.10. The molecule has 98 valence electrons. The number of aryl methyl sites for hydroxylation is 1. The van der Waals surface area contributed by atoms with E-state index in [9.17, 15) is 0 Å². The molecule has 0 heterocycles. The van der Waals surface area contributed by atoms with Gasteiger partial charge >= 0.3 is 0 Å². The first-order valence-corrected chi connectivity index (χ1v) is 7.15. The second-order valence-electron chi connectivity index (χ2n) is 5.11.